The quantitative estimate of drug-likeness (QED) is 0.572. The number of piperidine rings is 1. The first kappa shape index (κ1) is 25.1. The normalized spacial score (nSPS) is 21.3. The summed E-state index contributed by atoms with van der Waals surface area (Å²) in [7, 11) is 1.73. The SMILES string of the molecule is CCCN1CCC(=NC2CCCCC2)C(=C(N)c2c(C)ccc3cc(C(C=NC)=CN)ncc23)C1. The third kappa shape index (κ3) is 5.64. The predicted octanol–water partition coefficient (Wildman–Crippen LogP) is 5.10. The topological polar surface area (TPSA) is 92.9 Å². The fourth-order valence-corrected chi connectivity index (χ4v) is 5.46. The number of allylic oxidation sites excluding steroid dienone is 1. The Morgan fingerprint density at radius 2 is 2.03 bits per heavy atom. The first-order valence-electron chi connectivity index (χ1n) is 13.1. The van der Waals surface area contributed by atoms with Crippen LogP contribution in [0.25, 0.3) is 22.0 Å². The molecule has 2 aliphatic rings. The van der Waals surface area contributed by atoms with Gasteiger partial charge in [-0.1, -0.05) is 38.3 Å². The third-order valence-corrected chi connectivity index (χ3v) is 7.30. The van der Waals surface area contributed by atoms with Crippen LogP contribution in [0.15, 0.2) is 46.2 Å². The molecule has 0 amide bonds. The second kappa shape index (κ2) is 11.6. The minimum absolute atomic E-state index is 0.443. The molecule has 186 valence electrons. The molecule has 2 aromatic rings. The lowest BCUT2D eigenvalue weighted by Crippen LogP contribution is -2.38. The highest BCUT2D eigenvalue weighted by atomic mass is 15.1. The van der Waals surface area contributed by atoms with E-state index in [2.05, 4.69) is 41.9 Å². The zero-order valence-electron chi connectivity index (χ0n) is 21.6. The van der Waals surface area contributed by atoms with E-state index in [0.717, 1.165) is 71.3 Å². The largest absolute Gasteiger partial charge is 0.404 e. The highest BCUT2D eigenvalue weighted by Crippen LogP contribution is 2.32. The van der Waals surface area contributed by atoms with Crippen molar-refractivity contribution in [2.45, 2.75) is 64.8 Å². The number of pyridine rings is 1. The summed E-state index contributed by atoms with van der Waals surface area (Å²) in [5.41, 5.74) is 20.0. The second-order valence-electron chi connectivity index (χ2n) is 9.84. The molecular formula is C29H40N6. The van der Waals surface area contributed by atoms with Crippen LogP contribution in [0.5, 0.6) is 0 Å². The summed E-state index contributed by atoms with van der Waals surface area (Å²) in [6.45, 7) is 7.38. The van der Waals surface area contributed by atoms with Crippen LogP contribution in [-0.2, 0) is 0 Å². The van der Waals surface area contributed by atoms with Gasteiger partial charge in [0.25, 0.3) is 0 Å². The van der Waals surface area contributed by atoms with Crippen molar-refractivity contribution in [2.75, 3.05) is 26.7 Å². The maximum atomic E-state index is 7.05. The number of likely N-dealkylation sites (tertiary alicyclic amines) is 1. The van der Waals surface area contributed by atoms with E-state index >= 15 is 0 Å². The Kier molecular flexibility index (Phi) is 8.34. The van der Waals surface area contributed by atoms with Gasteiger partial charge in [-0.05, 0) is 49.7 Å². The molecule has 1 aliphatic carbocycles. The van der Waals surface area contributed by atoms with Gasteiger partial charge in [-0.3, -0.25) is 19.9 Å². The molecule has 4 rings (SSSR count). The van der Waals surface area contributed by atoms with Crippen LogP contribution in [0.2, 0.25) is 0 Å². The number of fused-ring (bicyclic) bond motifs is 1. The Morgan fingerprint density at radius 1 is 1.23 bits per heavy atom. The van der Waals surface area contributed by atoms with Crippen molar-refractivity contribution in [3.8, 4) is 0 Å². The lowest BCUT2D eigenvalue weighted by molar-refractivity contribution is 0.298. The maximum absolute atomic E-state index is 7.05. The smallest absolute Gasteiger partial charge is 0.0738 e. The zero-order chi connectivity index (χ0) is 24.8. The highest BCUT2D eigenvalue weighted by molar-refractivity contribution is 6.11. The minimum atomic E-state index is 0.443. The van der Waals surface area contributed by atoms with Crippen molar-refractivity contribution in [3.05, 3.63) is 53.0 Å². The lowest BCUT2D eigenvalue weighted by Gasteiger charge is -2.32. The molecule has 0 bridgehead atoms. The molecule has 35 heavy (non-hydrogen) atoms. The average molecular weight is 473 g/mol. The standard InChI is InChI=1S/C29H40N6/c1-4-13-35-14-12-26(34-23-8-6-5-7-9-23)25(19-35)29(31)28-20(2)10-11-21-15-27(33-18-24(21)28)22(16-30)17-32-3/h10-11,15-18,23H,4-9,12-14,19,30-31H2,1-3H3. The second-order valence-corrected chi connectivity index (χ2v) is 9.84. The van der Waals surface area contributed by atoms with E-state index in [9.17, 15) is 0 Å². The molecule has 6 nitrogen and oxygen atoms in total. The van der Waals surface area contributed by atoms with E-state index in [4.69, 9.17) is 21.4 Å². The van der Waals surface area contributed by atoms with Crippen LogP contribution in [0.3, 0.4) is 0 Å². The molecule has 0 radical (unpaired) electrons. The number of aliphatic imine (C=N–C) groups is 2. The monoisotopic (exact) mass is 472 g/mol. The fraction of sp³-hybridized carbons (Fsp3) is 0.483. The Morgan fingerprint density at radius 3 is 2.74 bits per heavy atom. The molecule has 0 unspecified atom stereocenters. The summed E-state index contributed by atoms with van der Waals surface area (Å²) >= 11 is 0. The number of benzene rings is 1. The van der Waals surface area contributed by atoms with Gasteiger partial charge in [-0.25, -0.2) is 0 Å². The number of aryl methyl sites for hydroxylation is 1. The van der Waals surface area contributed by atoms with Crippen LogP contribution in [0.4, 0.5) is 0 Å². The van der Waals surface area contributed by atoms with Crippen molar-refractivity contribution in [1.29, 1.82) is 0 Å². The number of nitrogens with two attached hydrogens (primary N) is 2. The molecule has 1 aromatic carbocycles. The van der Waals surface area contributed by atoms with Crippen LogP contribution >= 0.6 is 0 Å². The van der Waals surface area contributed by atoms with Crippen molar-refractivity contribution in [3.63, 3.8) is 0 Å². The summed E-state index contributed by atoms with van der Waals surface area (Å²) in [5.74, 6) is 0. The van der Waals surface area contributed by atoms with Crippen molar-refractivity contribution in [1.82, 2.24) is 9.88 Å². The Bertz CT molecular complexity index is 1170. The first-order valence-corrected chi connectivity index (χ1v) is 13.1. The van der Waals surface area contributed by atoms with Crippen molar-refractivity contribution >= 4 is 34.0 Å². The molecule has 0 atom stereocenters. The van der Waals surface area contributed by atoms with Gasteiger partial charge in [0, 0.05) is 78.7 Å². The predicted molar refractivity (Wildman–Crippen MR) is 150 cm³/mol. The van der Waals surface area contributed by atoms with Crippen molar-refractivity contribution in [2.24, 2.45) is 21.5 Å². The van der Waals surface area contributed by atoms with E-state index in [1.165, 1.54) is 43.4 Å². The summed E-state index contributed by atoms with van der Waals surface area (Å²) in [5, 5.41) is 2.16. The van der Waals surface area contributed by atoms with Crippen LogP contribution < -0.4 is 11.5 Å². The van der Waals surface area contributed by atoms with E-state index < -0.39 is 0 Å². The summed E-state index contributed by atoms with van der Waals surface area (Å²) in [4.78, 5) is 16.6. The van der Waals surface area contributed by atoms with Gasteiger partial charge in [-0.2, -0.15) is 0 Å². The van der Waals surface area contributed by atoms with E-state index in [0.29, 0.717) is 6.04 Å². The molecule has 2 fully saturated rings. The number of nitrogens with zero attached hydrogens (tertiary/aromatic N) is 4. The molecule has 1 saturated carbocycles. The van der Waals surface area contributed by atoms with Gasteiger partial charge < -0.3 is 11.5 Å². The van der Waals surface area contributed by atoms with Gasteiger partial charge in [0.2, 0.25) is 0 Å². The van der Waals surface area contributed by atoms with Gasteiger partial charge in [0.05, 0.1) is 11.7 Å². The average Bonchev–Trinajstić information content (AvgIpc) is 2.88. The van der Waals surface area contributed by atoms with Gasteiger partial charge >= 0.3 is 0 Å². The Balaban J connectivity index is 1.82. The third-order valence-electron chi connectivity index (χ3n) is 7.30. The van der Waals surface area contributed by atoms with E-state index in [-0.39, 0.29) is 0 Å². The van der Waals surface area contributed by atoms with E-state index in [1.54, 1.807) is 19.5 Å². The first-order chi connectivity index (χ1) is 17.0. The maximum Gasteiger partial charge on any atom is 0.0738 e. The molecule has 2 heterocycles. The van der Waals surface area contributed by atoms with Gasteiger partial charge in [-0.15, -0.1) is 0 Å². The molecule has 1 saturated heterocycles. The summed E-state index contributed by atoms with van der Waals surface area (Å²) in [6.07, 6.45) is 13.6. The number of aromatic nitrogens is 1. The fourth-order valence-electron chi connectivity index (χ4n) is 5.46. The van der Waals surface area contributed by atoms with Gasteiger partial charge in [0.1, 0.15) is 0 Å². The lowest BCUT2D eigenvalue weighted by atomic mass is 9.90. The Hall–Kier alpha value is -2.99. The molecular weight excluding hydrogens is 432 g/mol. The summed E-state index contributed by atoms with van der Waals surface area (Å²) < 4.78 is 0. The molecule has 1 aliphatic heterocycles. The summed E-state index contributed by atoms with van der Waals surface area (Å²) in [6, 6.07) is 6.80. The molecule has 0 spiro atoms. The number of hydrogen-bond donors (Lipinski definition) is 2. The van der Waals surface area contributed by atoms with Crippen LogP contribution in [0, 0.1) is 6.92 Å². The minimum Gasteiger partial charge on any atom is -0.404 e. The van der Waals surface area contributed by atoms with E-state index in [1.807, 2.05) is 6.20 Å². The van der Waals surface area contributed by atoms with Crippen LogP contribution in [0.1, 0.15) is 68.7 Å². The number of rotatable bonds is 6. The van der Waals surface area contributed by atoms with Crippen molar-refractivity contribution < 1.29 is 0 Å². The molecule has 1 aromatic heterocycles. The molecule has 6 heteroatoms. The zero-order valence-corrected chi connectivity index (χ0v) is 21.6. The molecule has 4 N–H and O–H groups in total. The number of hydrogen-bond acceptors (Lipinski definition) is 6. The van der Waals surface area contributed by atoms with Crippen LogP contribution in [-0.4, -0.2) is 54.5 Å². The Labute approximate surface area is 209 Å². The van der Waals surface area contributed by atoms with Gasteiger partial charge in [0.15, 0.2) is 0 Å². The highest BCUT2D eigenvalue weighted by Gasteiger charge is 2.25.